The van der Waals surface area contributed by atoms with Gasteiger partial charge in [-0.05, 0) is 25.4 Å². The summed E-state index contributed by atoms with van der Waals surface area (Å²) in [6.45, 7) is 10.7. The largest absolute Gasteiger partial charge is 0.383 e. The molecular weight excluding hydrogens is 489 g/mol. The second-order valence-corrected chi connectivity index (χ2v) is 7.60. The summed E-state index contributed by atoms with van der Waals surface area (Å²) in [6.07, 6.45) is 0. The van der Waals surface area contributed by atoms with Crippen molar-refractivity contribution in [3.8, 4) is 0 Å². The summed E-state index contributed by atoms with van der Waals surface area (Å²) in [6, 6.07) is 4.65. The number of aliphatic imine (C=N–C) groups is 1. The molecule has 1 aliphatic heterocycles. The van der Waals surface area contributed by atoms with Crippen LogP contribution >= 0.6 is 35.3 Å². The quantitative estimate of drug-likeness (QED) is 0.262. The standard InChI is InChI=1S/C19H35N5O2S.HI/c1-4-20-19(21-7-8-23(2)9-12-25-3)22-16-17(18-6-5-15-27-18)24-10-13-26-14-11-24;/h5-6,15,17H,4,7-14,16H2,1-3H3,(H2,20,21,22);1H. The van der Waals surface area contributed by atoms with Gasteiger partial charge < -0.3 is 25.0 Å². The van der Waals surface area contributed by atoms with Crippen molar-refractivity contribution < 1.29 is 9.47 Å². The molecule has 0 amide bonds. The third-order valence-corrected chi connectivity index (χ3v) is 5.56. The molecule has 0 bridgehead atoms. The smallest absolute Gasteiger partial charge is 0.191 e. The van der Waals surface area contributed by atoms with Crippen molar-refractivity contribution in [3.63, 3.8) is 0 Å². The van der Waals surface area contributed by atoms with E-state index in [9.17, 15) is 0 Å². The first-order chi connectivity index (χ1) is 13.2. The molecule has 2 rings (SSSR count). The summed E-state index contributed by atoms with van der Waals surface area (Å²) in [7, 11) is 3.84. The lowest BCUT2D eigenvalue weighted by atomic mass is 10.2. The van der Waals surface area contributed by atoms with Crippen LogP contribution in [0, 0.1) is 0 Å². The van der Waals surface area contributed by atoms with Crippen LogP contribution in [-0.2, 0) is 9.47 Å². The number of thiophene rings is 1. The molecule has 1 aromatic rings. The lowest BCUT2D eigenvalue weighted by Gasteiger charge is -2.33. The van der Waals surface area contributed by atoms with Crippen LogP contribution < -0.4 is 10.6 Å². The number of methoxy groups -OCH3 is 1. The molecule has 1 fully saturated rings. The maximum atomic E-state index is 5.52. The van der Waals surface area contributed by atoms with E-state index < -0.39 is 0 Å². The summed E-state index contributed by atoms with van der Waals surface area (Å²) < 4.78 is 10.6. The maximum Gasteiger partial charge on any atom is 0.191 e. The van der Waals surface area contributed by atoms with Gasteiger partial charge in [0.1, 0.15) is 0 Å². The number of rotatable bonds is 11. The molecule has 1 aliphatic rings. The van der Waals surface area contributed by atoms with E-state index in [0.717, 1.165) is 71.6 Å². The molecule has 7 nitrogen and oxygen atoms in total. The van der Waals surface area contributed by atoms with Crippen LogP contribution in [0.4, 0.5) is 0 Å². The third-order valence-electron chi connectivity index (χ3n) is 4.59. The number of hydrogen-bond acceptors (Lipinski definition) is 6. The van der Waals surface area contributed by atoms with E-state index in [4.69, 9.17) is 14.5 Å². The number of nitrogens with one attached hydrogen (secondary N) is 2. The molecular formula is C19H36IN5O2S. The van der Waals surface area contributed by atoms with Crippen LogP contribution in [0.25, 0.3) is 0 Å². The highest BCUT2D eigenvalue weighted by Gasteiger charge is 2.23. The lowest BCUT2D eigenvalue weighted by Crippen LogP contribution is -2.43. The highest BCUT2D eigenvalue weighted by Crippen LogP contribution is 2.26. The first-order valence-electron chi connectivity index (χ1n) is 9.79. The van der Waals surface area contributed by atoms with Gasteiger partial charge in [0.15, 0.2) is 5.96 Å². The molecule has 0 aliphatic carbocycles. The summed E-state index contributed by atoms with van der Waals surface area (Å²) >= 11 is 1.81. The first kappa shape index (κ1) is 25.6. The molecule has 0 saturated carbocycles. The Morgan fingerprint density at radius 2 is 2.14 bits per heavy atom. The molecule has 28 heavy (non-hydrogen) atoms. The zero-order valence-electron chi connectivity index (χ0n) is 17.4. The Morgan fingerprint density at radius 3 is 2.79 bits per heavy atom. The van der Waals surface area contributed by atoms with Crippen LogP contribution in [-0.4, -0.2) is 95.6 Å². The van der Waals surface area contributed by atoms with Crippen molar-refractivity contribution in [2.45, 2.75) is 13.0 Å². The number of ether oxygens (including phenoxy) is 2. The zero-order valence-corrected chi connectivity index (χ0v) is 20.5. The van der Waals surface area contributed by atoms with Crippen LogP contribution in [0.2, 0.25) is 0 Å². The van der Waals surface area contributed by atoms with E-state index in [2.05, 4.69) is 51.9 Å². The first-order valence-corrected chi connectivity index (χ1v) is 10.7. The highest BCUT2D eigenvalue weighted by molar-refractivity contribution is 14.0. The Kier molecular flexibility index (Phi) is 14.1. The van der Waals surface area contributed by atoms with Gasteiger partial charge in [0.25, 0.3) is 0 Å². The highest BCUT2D eigenvalue weighted by atomic mass is 127. The number of guanidine groups is 1. The average molecular weight is 526 g/mol. The normalized spacial score (nSPS) is 16.6. The van der Waals surface area contributed by atoms with Crippen LogP contribution in [0.15, 0.2) is 22.5 Å². The third kappa shape index (κ3) is 9.36. The van der Waals surface area contributed by atoms with Crippen molar-refractivity contribution >= 4 is 41.3 Å². The number of morpholine rings is 1. The van der Waals surface area contributed by atoms with E-state index in [1.165, 1.54) is 4.88 Å². The predicted octanol–water partition coefficient (Wildman–Crippen LogP) is 1.87. The van der Waals surface area contributed by atoms with Gasteiger partial charge in [0.05, 0.1) is 32.4 Å². The van der Waals surface area contributed by atoms with Gasteiger partial charge in [0.2, 0.25) is 0 Å². The molecule has 1 saturated heterocycles. The summed E-state index contributed by atoms with van der Waals surface area (Å²) in [5.74, 6) is 0.882. The minimum absolute atomic E-state index is 0. The van der Waals surface area contributed by atoms with Crippen molar-refractivity contribution in [3.05, 3.63) is 22.4 Å². The lowest BCUT2D eigenvalue weighted by molar-refractivity contribution is 0.0186. The topological polar surface area (TPSA) is 61.4 Å². The Balaban J connectivity index is 0.00000392. The summed E-state index contributed by atoms with van der Waals surface area (Å²) in [4.78, 5) is 11.0. The van der Waals surface area contributed by atoms with Crippen LogP contribution in [0.3, 0.4) is 0 Å². The van der Waals surface area contributed by atoms with Crippen LogP contribution in [0.1, 0.15) is 17.8 Å². The molecule has 1 atom stereocenters. The Hall–Kier alpha value is -0.460. The number of likely N-dealkylation sites (N-methyl/N-ethyl adjacent to an activating group) is 1. The Bertz CT molecular complexity index is 526. The molecule has 1 unspecified atom stereocenters. The monoisotopic (exact) mass is 525 g/mol. The molecule has 0 radical (unpaired) electrons. The summed E-state index contributed by atoms with van der Waals surface area (Å²) in [5.41, 5.74) is 0. The van der Waals surface area contributed by atoms with Gasteiger partial charge in [-0.2, -0.15) is 0 Å². The van der Waals surface area contributed by atoms with E-state index in [-0.39, 0.29) is 24.0 Å². The van der Waals surface area contributed by atoms with Gasteiger partial charge in [-0.1, -0.05) is 6.07 Å². The van der Waals surface area contributed by atoms with Gasteiger partial charge in [-0.25, -0.2) is 0 Å². The molecule has 9 heteroatoms. The molecule has 2 N–H and O–H groups in total. The molecule has 162 valence electrons. The van der Waals surface area contributed by atoms with E-state index in [1.807, 2.05) is 11.3 Å². The van der Waals surface area contributed by atoms with E-state index in [1.54, 1.807) is 7.11 Å². The minimum atomic E-state index is 0. The molecule has 0 spiro atoms. The predicted molar refractivity (Wildman–Crippen MR) is 128 cm³/mol. The maximum absolute atomic E-state index is 5.52. The Morgan fingerprint density at radius 1 is 1.36 bits per heavy atom. The second-order valence-electron chi connectivity index (χ2n) is 6.62. The number of hydrogen-bond donors (Lipinski definition) is 2. The van der Waals surface area contributed by atoms with Crippen molar-refractivity contribution in [2.75, 3.05) is 79.8 Å². The van der Waals surface area contributed by atoms with Gasteiger partial charge in [-0.15, -0.1) is 35.3 Å². The minimum Gasteiger partial charge on any atom is -0.383 e. The van der Waals surface area contributed by atoms with Gasteiger partial charge in [-0.3, -0.25) is 9.89 Å². The van der Waals surface area contributed by atoms with Crippen molar-refractivity contribution in [1.29, 1.82) is 0 Å². The second kappa shape index (κ2) is 15.4. The van der Waals surface area contributed by atoms with Crippen molar-refractivity contribution in [2.24, 2.45) is 4.99 Å². The fourth-order valence-electron chi connectivity index (χ4n) is 3.00. The molecule has 2 heterocycles. The zero-order chi connectivity index (χ0) is 19.3. The van der Waals surface area contributed by atoms with Gasteiger partial charge in [0, 0.05) is 51.3 Å². The number of nitrogens with zero attached hydrogens (tertiary/aromatic N) is 3. The molecule has 1 aromatic heterocycles. The van der Waals surface area contributed by atoms with E-state index in [0.29, 0.717) is 6.04 Å². The Labute approximate surface area is 190 Å². The van der Waals surface area contributed by atoms with Gasteiger partial charge >= 0.3 is 0 Å². The van der Waals surface area contributed by atoms with E-state index >= 15 is 0 Å². The van der Waals surface area contributed by atoms with Crippen molar-refractivity contribution in [1.82, 2.24) is 20.4 Å². The average Bonchev–Trinajstić information content (AvgIpc) is 3.22. The number of halogens is 1. The van der Waals surface area contributed by atoms with Crippen LogP contribution in [0.5, 0.6) is 0 Å². The molecule has 0 aromatic carbocycles. The fourth-order valence-corrected chi connectivity index (χ4v) is 3.85. The SMILES string of the molecule is CCNC(=NCC(c1cccs1)N1CCOCC1)NCCN(C)CCOC.I. The fraction of sp³-hybridized carbons (Fsp3) is 0.737. The summed E-state index contributed by atoms with van der Waals surface area (Å²) in [5, 5.41) is 8.95.